The van der Waals surface area contributed by atoms with Crippen molar-refractivity contribution in [1.29, 1.82) is 0 Å². The van der Waals surface area contributed by atoms with Gasteiger partial charge in [-0.1, -0.05) is 12.1 Å². The molecule has 0 amide bonds. The van der Waals surface area contributed by atoms with Gasteiger partial charge in [-0.2, -0.15) is 0 Å². The van der Waals surface area contributed by atoms with Gasteiger partial charge in [0.05, 0.1) is 0 Å². The topological polar surface area (TPSA) is 32.3 Å². The van der Waals surface area contributed by atoms with Crippen molar-refractivity contribution in [2.45, 2.75) is 31.6 Å². The third-order valence-corrected chi connectivity index (χ3v) is 4.39. The highest BCUT2D eigenvalue weighted by atomic mass is 35.5. The Bertz CT molecular complexity index is 362. The number of phenols is 1. The lowest BCUT2D eigenvalue weighted by molar-refractivity contribution is 0.0604. The molecule has 1 aliphatic heterocycles. The fourth-order valence-corrected chi connectivity index (χ4v) is 3.33. The van der Waals surface area contributed by atoms with Gasteiger partial charge in [0.25, 0.3) is 0 Å². The van der Waals surface area contributed by atoms with Gasteiger partial charge in [0.1, 0.15) is 5.75 Å². The molecule has 1 heterocycles. The van der Waals surface area contributed by atoms with Crippen molar-refractivity contribution in [2.75, 3.05) is 13.1 Å². The predicted octanol–water partition coefficient (Wildman–Crippen LogP) is 3.06. The molecule has 1 aromatic rings. The molecule has 2 N–H and O–H groups in total. The smallest absolute Gasteiger partial charge is 0.115 e. The number of rotatable bonds is 1. The number of aromatic hydroxyl groups is 1. The Morgan fingerprint density at radius 2 is 1.65 bits per heavy atom. The first-order chi connectivity index (χ1) is 7.77. The molecule has 2 aliphatic rings. The summed E-state index contributed by atoms with van der Waals surface area (Å²) in [7, 11) is 0. The molecule has 1 aliphatic carbocycles. The monoisotopic (exact) mass is 253 g/mol. The van der Waals surface area contributed by atoms with Gasteiger partial charge in [0.2, 0.25) is 0 Å². The molecule has 94 valence electrons. The highest BCUT2D eigenvalue weighted by Crippen LogP contribution is 2.55. The van der Waals surface area contributed by atoms with Gasteiger partial charge in [-0.25, -0.2) is 0 Å². The van der Waals surface area contributed by atoms with Crippen molar-refractivity contribution in [1.82, 2.24) is 5.32 Å². The molecule has 1 saturated carbocycles. The first-order valence-corrected chi connectivity index (χ1v) is 6.27. The number of piperidine rings is 1. The molecule has 1 aromatic carbocycles. The van der Waals surface area contributed by atoms with Gasteiger partial charge in [-0.3, -0.25) is 0 Å². The van der Waals surface area contributed by atoms with Crippen LogP contribution < -0.4 is 5.32 Å². The Hall–Kier alpha value is -0.730. The van der Waals surface area contributed by atoms with E-state index in [1.54, 1.807) is 0 Å². The second-order valence-electron chi connectivity index (χ2n) is 5.45. The first-order valence-electron chi connectivity index (χ1n) is 6.27. The van der Waals surface area contributed by atoms with Crippen LogP contribution in [0.2, 0.25) is 0 Å². The van der Waals surface area contributed by atoms with Crippen LogP contribution in [0.1, 0.15) is 37.2 Å². The number of hydrogen-bond donors (Lipinski definition) is 2. The molecule has 0 atom stereocenters. The minimum atomic E-state index is 0. The van der Waals surface area contributed by atoms with Gasteiger partial charge in [0, 0.05) is 0 Å². The number of phenolic OH excluding ortho intramolecular Hbond substituents is 1. The molecule has 1 saturated heterocycles. The van der Waals surface area contributed by atoms with E-state index in [0.29, 0.717) is 11.2 Å². The molecule has 2 fully saturated rings. The molecular formula is C14H20ClNO. The quantitative estimate of drug-likeness (QED) is 0.806. The number of hydrogen-bond acceptors (Lipinski definition) is 2. The van der Waals surface area contributed by atoms with Crippen LogP contribution in [0.3, 0.4) is 0 Å². The molecule has 3 heteroatoms. The van der Waals surface area contributed by atoms with Gasteiger partial charge < -0.3 is 10.4 Å². The maximum atomic E-state index is 9.26. The Morgan fingerprint density at radius 3 is 2.24 bits per heavy atom. The van der Waals surface area contributed by atoms with Gasteiger partial charge in [-0.15, -0.1) is 12.4 Å². The predicted molar refractivity (Wildman–Crippen MR) is 71.9 cm³/mol. The SMILES string of the molecule is Cl.Oc1ccc(C2CC3(CCNCC3)C2)cc1. The van der Waals surface area contributed by atoms with Crippen molar-refractivity contribution < 1.29 is 5.11 Å². The molecular weight excluding hydrogens is 234 g/mol. The number of halogens is 1. The van der Waals surface area contributed by atoms with Crippen LogP contribution in [0.25, 0.3) is 0 Å². The summed E-state index contributed by atoms with van der Waals surface area (Å²) in [5.74, 6) is 1.11. The third kappa shape index (κ3) is 2.43. The van der Waals surface area contributed by atoms with Crippen LogP contribution in [-0.2, 0) is 0 Å². The lowest BCUT2D eigenvalue weighted by atomic mass is 9.56. The zero-order valence-electron chi connectivity index (χ0n) is 9.98. The van der Waals surface area contributed by atoms with E-state index in [1.165, 1.54) is 44.3 Å². The lowest BCUT2D eigenvalue weighted by Crippen LogP contribution is -2.44. The van der Waals surface area contributed by atoms with E-state index in [1.807, 2.05) is 12.1 Å². The fraction of sp³-hybridized carbons (Fsp3) is 0.571. The first kappa shape index (κ1) is 12.7. The summed E-state index contributed by atoms with van der Waals surface area (Å²) < 4.78 is 0. The van der Waals surface area contributed by atoms with Crippen molar-refractivity contribution in [3.05, 3.63) is 29.8 Å². The molecule has 0 aromatic heterocycles. The van der Waals surface area contributed by atoms with Crippen LogP contribution in [0, 0.1) is 5.41 Å². The maximum absolute atomic E-state index is 9.26. The summed E-state index contributed by atoms with van der Waals surface area (Å²) in [6, 6.07) is 7.77. The molecule has 1 spiro atoms. The van der Waals surface area contributed by atoms with E-state index >= 15 is 0 Å². The maximum Gasteiger partial charge on any atom is 0.115 e. The molecule has 3 rings (SSSR count). The van der Waals surface area contributed by atoms with Crippen LogP contribution in [0.4, 0.5) is 0 Å². The summed E-state index contributed by atoms with van der Waals surface area (Å²) in [5.41, 5.74) is 2.05. The third-order valence-electron chi connectivity index (χ3n) is 4.39. The number of nitrogens with one attached hydrogen (secondary N) is 1. The fourth-order valence-electron chi connectivity index (χ4n) is 3.33. The minimum absolute atomic E-state index is 0. The van der Waals surface area contributed by atoms with E-state index in [2.05, 4.69) is 17.4 Å². The zero-order valence-corrected chi connectivity index (χ0v) is 10.8. The Labute approximate surface area is 109 Å². The Balaban J connectivity index is 0.00000108. The molecule has 2 nitrogen and oxygen atoms in total. The summed E-state index contributed by atoms with van der Waals surface area (Å²) in [6.07, 6.45) is 5.39. The lowest BCUT2D eigenvalue weighted by Gasteiger charge is -2.50. The molecule has 17 heavy (non-hydrogen) atoms. The Morgan fingerprint density at radius 1 is 1.06 bits per heavy atom. The molecule has 0 radical (unpaired) electrons. The molecule has 0 unspecified atom stereocenters. The average Bonchev–Trinajstić information content (AvgIpc) is 2.28. The van der Waals surface area contributed by atoms with Crippen molar-refractivity contribution >= 4 is 12.4 Å². The summed E-state index contributed by atoms with van der Waals surface area (Å²) in [5, 5.41) is 12.7. The average molecular weight is 254 g/mol. The highest BCUT2D eigenvalue weighted by Gasteiger charge is 2.44. The van der Waals surface area contributed by atoms with E-state index < -0.39 is 0 Å². The van der Waals surface area contributed by atoms with Crippen molar-refractivity contribution in [3.8, 4) is 5.75 Å². The number of benzene rings is 1. The van der Waals surface area contributed by atoms with Gasteiger partial charge in [-0.05, 0) is 67.8 Å². The largest absolute Gasteiger partial charge is 0.508 e. The summed E-state index contributed by atoms with van der Waals surface area (Å²) in [6.45, 7) is 2.39. The van der Waals surface area contributed by atoms with E-state index in [0.717, 1.165) is 5.92 Å². The van der Waals surface area contributed by atoms with Crippen molar-refractivity contribution in [2.24, 2.45) is 5.41 Å². The minimum Gasteiger partial charge on any atom is -0.508 e. The van der Waals surface area contributed by atoms with Crippen molar-refractivity contribution in [3.63, 3.8) is 0 Å². The van der Waals surface area contributed by atoms with Crippen LogP contribution >= 0.6 is 12.4 Å². The van der Waals surface area contributed by atoms with Crippen LogP contribution in [0.5, 0.6) is 5.75 Å². The summed E-state index contributed by atoms with van der Waals surface area (Å²) >= 11 is 0. The highest BCUT2D eigenvalue weighted by molar-refractivity contribution is 5.85. The summed E-state index contributed by atoms with van der Waals surface area (Å²) in [4.78, 5) is 0. The van der Waals surface area contributed by atoms with Gasteiger partial charge >= 0.3 is 0 Å². The zero-order chi connectivity index (χ0) is 11.0. The Kier molecular flexibility index (Phi) is 3.64. The van der Waals surface area contributed by atoms with Crippen LogP contribution in [0.15, 0.2) is 24.3 Å². The van der Waals surface area contributed by atoms with Gasteiger partial charge in [0.15, 0.2) is 0 Å². The van der Waals surface area contributed by atoms with E-state index in [-0.39, 0.29) is 12.4 Å². The second-order valence-corrected chi connectivity index (χ2v) is 5.45. The molecule has 0 bridgehead atoms. The van der Waals surface area contributed by atoms with Crippen LogP contribution in [-0.4, -0.2) is 18.2 Å². The normalized spacial score (nSPS) is 22.8. The van der Waals surface area contributed by atoms with E-state index in [4.69, 9.17) is 0 Å². The standard InChI is InChI=1S/C14H19NO.ClH/c16-13-3-1-11(2-4-13)12-9-14(10-12)5-7-15-8-6-14;/h1-4,12,15-16H,5-10H2;1H. The second kappa shape index (κ2) is 4.87. The van der Waals surface area contributed by atoms with E-state index in [9.17, 15) is 5.11 Å².